The maximum atomic E-state index is 12.2. The zero-order chi connectivity index (χ0) is 22.3. The van der Waals surface area contributed by atoms with E-state index >= 15 is 0 Å². The summed E-state index contributed by atoms with van der Waals surface area (Å²) in [4.78, 5) is 22.9. The molecule has 8 nitrogen and oxygen atoms in total. The number of amides is 1. The number of rotatable bonds is 12. The van der Waals surface area contributed by atoms with E-state index in [1.54, 1.807) is 18.2 Å². The number of carbonyl (C=O) groups is 2. The Morgan fingerprint density at radius 2 is 1.81 bits per heavy atom. The summed E-state index contributed by atoms with van der Waals surface area (Å²) in [6.07, 6.45) is 8.76. The van der Waals surface area contributed by atoms with Gasteiger partial charge in [0.15, 0.2) is 0 Å². The van der Waals surface area contributed by atoms with Crippen LogP contribution in [0, 0.1) is 11.8 Å². The van der Waals surface area contributed by atoms with Gasteiger partial charge in [-0.05, 0) is 50.2 Å². The summed E-state index contributed by atoms with van der Waals surface area (Å²) in [6, 6.07) is 7.94. The molecule has 0 spiro atoms. The van der Waals surface area contributed by atoms with Crippen molar-refractivity contribution in [1.29, 1.82) is 0 Å². The molecule has 0 aromatic heterocycles. The number of ether oxygens (including phenoxy) is 1. The van der Waals surface area contributed by atoms with Crippen molar-refractivity contribution >= 4 is 21.9 Å². The van der Waals surface area contributed by atoms with Crippen LogP contribution >= 0.6 is 0 Å². The van der Waals surface area contributed by atoms with Crippen LogP contribution in [0.15, 0.2) is 47.4 Å². The minimum Gasteiger partial charge on any atom is -0.481 e. The lowest BCUT2D eigenvalue weighted by atomic mass is 9.77. The van der Waals surface area contributed by atoms with E-state index in [9.17, 15) is 18.0 Å². The third-order valence-electron chi connectivity index (χ3n) is 5.94. The van der Waals surface area contributed by atoms with Crippen molar-refractivity contribution in [2.45, 2.75) is 55.6 Å². The molecule has 3 N–H and O–H groups in total. The topological polar surface area (TPSA) is 122 Å². The molecule has 2 aliphatic heterocycles. The molecule has 2 bridgehead atoms. The molecule has 0 saturated carbocycles. The summed E-state index contributed by atoms with van der Waals surface area (Å²) < 4.78 is 32.8. The number of carbonyl (C=O) groups excluding carboxylic acids is 1. The highest BCUT2D eigenvalue weighted by molar-refractivity contribution is 7.89. The number of fused-ring (bicyclic) bond motifs is 2. The standard InChI is InChI=1S/C22H30N2O6S/c25-21(15-24-31(28,29)16-8-4-3-5-9-16)23-14-18-17(19-12-13-20(18)30-19)10-6-1-2-7-11-22(26)27/h1,3-6,8-9,17-20,24H,2,7,10-15H2,(H,23,25)(H,26,27)/t17-,18+,19-,20+/m1/s1. The van der Waals surface area contributed by atoms with E-state index in [0.29, 0.717) is 18.9 Å². The van der Waals surface area contributed by atoms with Crippen LogP contribution in [0.2, 0.25) is 0 Å². The Morgan fingerprint density at radius 3 is 2.52 bits per heavy atom. The van der Waals surface area contributed by atoms with Gasteiger partial charge in [0.1, 0.15) is 0 Å². The van der Waals surface area contributed by atoms with Crippen LogP contribution in [-0.4, -0.2) is 50.7 Å². The first-order valence-corrected chi connectivity index (χ1v) is 12.2. The van der Waals surface area contributed by atoms with E-state index in [2.05, 4.69) is 16.1 Å². The molecule has 2 heterocycles. The number of carboxylic acid groups (broad SMARTS) is 1. The van der Waals surface area contributed by atoms with Gasteiger partial charge < -0.3 is 15.2 Å². The van der Waals surface area contributed by atoms with Gasteiger partial charge in [-0.25, -0.2) is 13.1 Å². The average molecular weight is 451 g/mol. The van der Waals surface area contributed by atoms with E-state index in [4.69, 9.17) is 9.84 Å². The molecule has 4 atom stereocenters. The van der Waals surface area contributed by atoms with Crippen LogP contribution in [0.4, 0.5) is 0 Å². The van der Waals surface area contributed by atoms with Crippen molar-refractivity contribution in [3.05, 3.63) is 42.5 Å². The normalized spacial score (nSPS) is 25.2. The number of allylic oxidation sites excluding steroid dienone is 2. The van der Waals surface area contributed by atoms with Crippen LogP contribution in [0.5, 0.6) is 0 Å². The summed E-state index contributed by atoms with van der Waals surface area (Å²) in [6.45, 7) is 0.137. The minimum absolute atomic E-state index is 0.122. The van der Waals surface area contributed by atoms with Gasteiger partial charge in [0, 0.05) is 18.9 Å². The molecule has 9 heteroatoms. The van der Waals surface area contributed by atoms with Crippen LogP contribution in [0.25, 0.3) is 0 Å². The SMILES string of the molecule is O=C(O)CCCC=CC[C@@H]1[C@H](CNC(=O)CNS(=O)(=O)c2ccccc2)[C@@H]2CC[C@H]1O2. The average Bonchev–Trinajstić information content (AvgIpc) is 3.35. The highest BCUT2D eigenvalue weighted by atomic mass is 32.2. The van der Waals surface area contributed by atoms with Gasteiger partial charge in [-0.15, -0.1) is 0 Å². The number of sulfonamides is 1. The molecule has 1 amide bonds. The third kappa shape index (κ3) is 6.62. The Bertz CT molecular complexity index is 887. The predicted molar refractivity (Wildman–Crippen MR) is 115 cm³/mol. The predicted octanol–water partition coefficient (Wildman–Crippen LogP) is 2.08. The van der Waals surface area contributed by atoms with Crippen LogP contribution < -0.4 is 10.0 Å². The molecule has 2 saturated heterocycles. The fourth-order valence-corrected chi connectivity index (χ4v) is 5.36. The quantitative estimate of drug-likeness (QED) is 0.331. The zero-order valence-corrected chi connectivity index (χ0v) is 18.2. The second kappa shape index (κ2) is 10.9. The summed E-state index contributed by atoms with van der Waals surface area (Å²) >= 11 is 0. The van der Waals surface area contributed by atoms with Crippen molar-refractivity contribution in [1.82, 2.24) is 10.0 Å². The van der Waals surface area contributed by atoms with Crippen LogP contribution in [0.1, 0.15) is 38.5 Å². The molecule has 0 aliphatic carbocycles. The van der Waals surface area contributed by atoms with E-state index in [0.717, 1.165) is 25.7 Å². The van der Waals surface area contributed by atoms with Gasteiger partial charge >= 0.3 is 5.97 Å². The molecule has 2 fully saturated rings. The molecule has 1 aromatic carbocycles. The summed E-state index contributed by atoms with van der Waals surface area (Å²) in [7, 11) is -3.72. The number of benzene rings is 1. The van der Waals surface area contributed by atoms with E-state index in [1.807, 2.05) is 6.08 Å². The monoisotopic (exact) mass is 450 g/mol. The number of unbranched alkanes of at least 4 members (excludes halogenated alkanes) is 1. The summed E-state index contributed by atoms with van der Waals surface area (Å²) in [5, 5.41) is 11.5. The number of nitrogens with one attached hydrogen (secondary N) is 2. The number of aliphatic carboxylic acids is 1. The fraction of sp³-hybridized carbons (Fsp3) is 0.545. The third-order valence-corrected chi connectivity index (χ3v) is 7.35. The Balaban J connectivity index is 1.44. The lowest BCUT2D eigenvalue weighted by Crippen LogP contribution is -2.42. The number of carboxylic acids is 1. The molecule has 2 aliphatic rings. The first-order valence-electron chi connectivity index (χ1n) is 10.7. The Labute approximate surface area is 183 Å². The minimum atomic E-state index is -3.72. The Morgan fingerprint density at radius 1 is 1.10 bits per heavy atom. The van der Waals surface area contributed by atoms with E-state index in [-0.39, 0.29) is 41.9 Å². The zero-order valence-electron chi connectivity index (χ0n) is 17.4. The second-order valence-electron chi connectivity index (χ2n) is 8.05. The Hall–Kier alpha value is -2.23. The Kier molecular flexibility index (Phi) is 8.22. The van der Waals surface area contributed by atoms with Crippen molar-refractivity contribution in [2.75, 3.05) is 13.1 Å². The van der Waals surface area contributed by atoms with Crippen molar-refractivity contribution in [3.63, 3.8) is 0 Å². The lowest BCUT2D eigenvalue weighted by molar-refractivity contribution is -0.137. The smallest absolute Gasteiger partial charge is 0.303 e. The highest BCUT2D eigenvalue weighted by Crippen LogP contribution is 2.44. The largest absolute Gasteiger partial charge is 0.481 e. The molecule has 31 heavy (non-hydrogen) atoms. The summed E-state index contributed by atoms with van der Waals surface area (Å²) in [5.41, 5.74) is 0. The maximum absolute atomic E-state index is 12.2. The summed E-state index contributed by atoms with van der Waals surface area (Å²) in [5.74, 6) is -0.658. The number of hydrogen-bond acceptors (Lipinski definition) is 5. The fourth-order valence-electron chi connectivity index (χ4n) is 4.36. The van der Waals surface area contributed by atoms with Gasteiger partial charge in [0.05, 0.1) is 23.6 Å². The van der Waals surface area contributed by atoms with Gasteiger partial charge in [0.25, 0.3) is 0 Å². The van der Waals surface area contributed by atoms with E-state index in [1.165, 1.54) is 12.1 Å². The molecular formula is C22H30N2O6S. The molecule has 0 radical (unpaired) electrons. The van der Waals surface area contributed by atoms with Crippen LogP contribution in [0.3, 0.4) is 0 Å². The first kappa shape index (κ1) is 23.4. The molecule has 170 valence electrons. The van der Waals surface area contributed by atoms with Crippen molar-refractivity contribution in [3.8, 4) is 0 Å². The van der Waals surface area contributed by atoms with Gasteiger partial charge in [-0.2, -0.15) is 0 Å². The highest BCUT2D eigenvalue weighted by Gasteiger charge is 2.47. The lowest BCUT2D eigenvalue weighted by Gasteiger charge is -2.27. The molecule has 1 aromatic rings. The second-order valence-corrected chi connectivity index (χ2v) is 9.82. The number of hydrogen-bond donors (Lipinski definition) is 3. The first-order chi connectivity index (χ1) is 14.9. The molecular weight excluding hydrogens is 420 g/mol. The maximum Gasteiger partial charge on any atom is 0.303 e. The molecule has 3 rings (SSSR count). The van der Waals surface area contributed by atoms with Crippen molar-refractivity contribution < 1.29 is 27.9 Å². The van der Waals surface area contributed by atoms with E-state index < -0.39 is 16.0 Å². The molecule has 0 unspecified atom stereocenters. The van der Waals surface area contributed by atoms with Gasteiger partial charge in [-0.3, -0.25) is 9.59 Å². The van der Waals surface area contributed by atoms with Crippen LogP contribution in [-0.2, 0) is 24.3 Å². The van der Waals surface area contributed by atoms with Crippen molar-refractivity contribution in [2.24, 2.45) is 11.8 Å². The van der Waals surface area contributed by atoms with Gasteiger partial charge in [0.2, 0.25) is 15.9 Å². The van der Waals surface area contributed by atoms with Gasteiger partial charge in [-0.1, -0.05) is 30.4 Å².